The highest BCUT2D eigenvalue weighted by Gasteiger charge is 2.44. The zero-order valence-corrected chi connectivity index (χ0v) is 6.85. The molecule has 0 unspecified atom stereocenters. The summed E-state index contributed by atoms with van der Waals surface area (Å²) in [7, 11) is 0. The molecule has 3 heteroatoms. The van der Waals surface area contributed by atoms with E-state index >= 15 is 0 Å². The zero-order chi connectivity index (χ0) is 8.06. The lowest BCUT2D eigenvalue weighted by atomic mass is 10.0. The first-order valence-corrected chi connectivity index (χ1v) is 3.86. The van der Waals surface area contributed by atoms with Gasteiger partial charge in [0.15, 0.2) is 5.82 Å². The zero-order valence-electron chi connectivity index (χ0n) is 6.85. The third kappa shape index (κ3) is 0.836. The molecule has 2 rings (SSSR count). The van der Waals surface area contributed by atoms with Crippen molar-refractivity contribution in [3.8, 4) is 0 Å². The maximum absolute atomic E-state index is 5.56. The summed E-state index contributed by atoms with van der Waals surface area (Å²) < 4.78 is 5.15. The molecule has 0 spiro atoms. The van der Waals surface area contributed by atoms with Gasteiger partial charge in [0.1, 0.15) is 5.76 Å². The lowest BCUT2D eigenvalue weighted by molar-refractivity contribution is 0.360. The second-order valence-electron chi connectivity index (χ2n) is 3.58. The summed E-state index contributed by atoms with van der Waals surface area (Å²) in [4.78, 5) is 0. The van der Waals surface area contributed by atoms with Gasteiger partial charge in [0.25, 0.3) is 0 Å². The topological polar surface area (TPSA) is 52.0 Å². The molecule has 1 saturated carbocycles. The Morgan fingerprint density at radius 1 is 1.55 bits per heavy atom. The van der Waals surface area contributed by atoms with Crippen LogP contribution in [0.15, 0.2) is 4.52 Å². The molecule has 0 bridgehead atoms. The first-order valence-electron chi connectivity index (χ1n) is 3.86. The van der Waals surface area contributed by atoms with Gasteiger partial charge in [-0.05, 0) is 19.8 Å². The van der Waals surface area contributed by atoms with Crippen molar-refractivity contribution in [3.05, 3.63) is 11.3 Å². The molecule has 0 radical (unpaired) electrons. The van der Waals surface area contributed by atoms with Crippen molar-refractivity contribution in [1.82, 2.24) is 5.16 Å². The average molecular weight is 152 g/mol. The van der Waals surface area contributed by atoms with Crippen LogP contribution in [-0.4, -0.2) is 5.16 Å². The monoisotopic (exact) mass is 152 g/mol. The van der Waals surface area contributed by atoms with Crippen LogP contribution in [0.1, 0.15) is 31.1 Å². The summed E-state index contributed by atoms with van der Waals surface area (Å²) in [5.41, 5.74) is 6.82. The van der Waals surface area contributed by atoms with E-state index in [1.165, 1.54) is 12.8 Å². The Labute approximate surface area is 65.6 Å². The van der Waals surface area contributed by atoms with Crippen LogP contribution >= 0.6 is 0 Å². The van der Waals surface area contributed by atoms with Crippen molar-refractivity contribution in [3.63, 3.8) is 0 Å². The first-order chi connectivity index (χ1) is 5.13. The van der Waals surface area contributed by atoms with Crippen molar-refractivity contribution >= 4 is 5.82 Å². The van der Waals surface area contributed by atoms with Crippen LogP contribution < -0.4 is 5.73 Å². The lowest BCUT2D eigenvalue weighted by Gasteiger charge is -2.01. The third-order valence-electron chi connectivity index (χ3n) is 2.51. The minimum Gasteiger partial charge on any atom is -0.381 e. The van der Waals surface area contributed by atoms with Crippen molar-refractivity contribution in [2.45, 2.75) is 32.1 Å². The summed E-state index contributed by atoms with van der Waals surface area (Å²) >= 11 is 0. The summed E-state index contributed by atoms with van der Waals surface area (Å²) in [5.74, 6) is 1.52. The quantitative estimate of drug-likeness (QED) is 0.665. The van der Waals surface area contributed by atoms with Crippen LogP contribution in [0.25, 0.3) is 0 Å². The van der Waals surface area contributed by atoms with E-state index in [0.717, 1.165) is 11.3 Å². The summed E-state index contributed by atoms with van der Waals surface area (Å²) in [6, 6.07) is 0. The number of rotatable bonds is 1. The van der Waals surface area contributed by atoms with Crippen molar-refractivity contribution < 1.29 is 4.52 Å². The maximum Gasteiger partial charge on any atom is 0.170 e. The molecule has 1 aliphatic carbocycles. The van der Waals surface area contributed by atoms with Gasteiger partial charge in [-0.1, -0.05) is 12.1 Å². The fraction of sp³-hybridized carbons (Fsp3) is 0.625. The fourth-order valence-corrected chi connectivity index (χ4v) is 1.33. The molecule has 1 fully saturated rings. The molecule has 1 aliphatic rings. The summed E-state index contributed by atoms with van der Waals surface area (Å²) in [6.07, 6.45) is 2.39. The number of anilines is 1. The summed E-state index contributed by atoms with van der Waals surface area (Å²) in [6.45, 7) is 4.14. The first kappa shape index (κ1) is 6.70. The Kier molecular flexibility index (Phi) is 1.09. The SMILES string of the molecule is Cc1c(N)noc1C1(C)CC1. The van der Waals surface area contributed by atoms with E-state index in [4.69, 9.17) is 10.3 Å². The number of hydrogen-bond acceptors (Lipinski definition) is 3. The van der Waals surface area contributed by atoms with Crippen LogP contribution in [0.3, 0.4) is 0 Å². The van der Waals surface area contributed by atoms with E-state index in [1.54, 1.807) is 0 Å². The Hall–Kier alpha value is -0.990. The molecule has 0 amide bonds. The Morgan fingerprint density at radius 2 is 2.18 bits per heavy atom. The molecule has 2 N–H and O–H groups in total. The fourth-order valence-electron chi connectivity index (χ4n) is 1.33. The molecule has 3 nitrogen and oxygen atoms in total. The van der Waals surface area contributed by atoms with Crippen molar-refractivity contribution in [2.24, 2.45) is 0 Å². The molecule has 11 heavy (non-hydrogen) atoms. The van der Waals surface area contributed by atoms with Crippen LogP contribution in [0.5, 0.6) is 0 Å². The van der Waals surface area contributed by atoms with Crippen LogP contribution in [-0.2, 0) is 5.41 Å². The van der Waals surface area contributed by atoms with Crippen molar-refractivity contribution in [2.75, 3.05) is 5.73 Å². The Balaban J connectivity index is 2.45. The standard InChI is InChI=1S/C8H12N2O/c1-5-6(8(2)3-4-8)11-10-7(5)9/h3-4H2,1-2H3,(H2,9,10). The van der Waals surface area contributed by atoms with Gasteiger partial charge in [0.2, 0.25) is 0 Å². The minimum absolute atomic E-state index is 0.245. The molecule has 0 aliphatic heterocycles. The van der Waals surface area contributed by atoms with Crippen LogP contribution in [0, 0.1) is 6.92 Å². The second kappa shape index (κ2) is 1.78. The third-order valence-corrected chi connectivity index (χ3v) is 2.51. The Morgan fingerprint density at radius 3 is 2.55 bits per heavy atom. The Bertz CT molecular complexity index is 286. The van der Waals surface area contributed by atoms with Crippen molar-refractivity contribution in [1.29, 1.82) is 0 Å². The molecule has 0 atom stereocenters. The van der Waals surface area contributed by atoms with E-state index in [1.807, 2.05) is 6.92 Å². The molecule has 0 saturated heterocycles. The van der Waals surface area contributed by atoms with Gasteiger partial charge in [-0.2, -0.15) is 0 Å². The lowest BCUT2D eigenvalue weighted by Crippen LogP contribution is -1.99. The minimum atomic E-state index is 0.245. The highest BCUT2D eigenvalue weighted by molar-refractivity contribution is 5.43. The van der Waals surface area contributed by atoms with Gasteiger partial charge in [0.05, 0.1) is 0 Å². The van der Waals surface area contributed by atoms with Gasteiger partial charge in [-0.15, -0.1) is 0 Å². The van der Waals surface area contributed by atoms with E-state index in [2.05, 4.69) is 12.1 Å². The maximum atomic E-state index is 5.56. The van der Waals surface area contributed by atoms with Gasteiger partial charge in [0, 0.05) is 11.0 Å². The van der Waals surface area contributed by atoms with E-state index in [0.29, 0.717) is 5.82 Å². The second-order valence-corrected chi connectivity index (χ2v) is 3.58. The predicted octanol–water partition coefficient (Wildman–Crippen LogP) is 1.62. The van der Waals surface area contributed by atoms with Gasteiger partial charge in [-0.3, -0.25) is 0 Å². The van der Waals surface area contributed by atoms with Crippen LogP contribution in [0.4, 0.5) is 5.82 Å². The van der Waals surface area contributed by atoms with Crippen LogP contribution in [0.2, 0.25) is 0 Å². The summed E-state index contributed by atoms with van der Waals surface area (Å²) in [5, 5.41) is 3.73. The molecule has 60 valence electrons. The smallest absolute Gasteiger partial charge is 0.170 e. The molecular formula is C8H12N2O. The average Bonchev–Trinajstić information content (AvgIpc) is 2.60. The highest BCUT2D eigenvalue weighted by atomic mass is 16.5. The number of nitrogen functional groups attached to an aromatic ring is 1. The number of nitrogens with zero attached hydrogens (tertiary/aromatic N) is 1. The predicted molar refractivity (Wildman–Crippen MR) is 42.2 cm³/mol. The molecule has 1 aromatic heterocycles. The number of nitrogens with two attached hydrogens (primary N) is 1. The van der Waals surface area contributed by atoms with Gasteiger partial charge >= 0.3 is 0 Å². The van der Waals surface area contributed by atoms with E-state index < -0.39 is 0 Å². The number of hydrogen-bond donors (Lipinski definition) is 1. The largest absolute Gasteiger partial charge is 0.381 e. The molecule has 1 aromatic rings. The van der Waals surface area contributed by atoms with E-state index in [9.17, 15) is 0 Å². The molecule has 1 heterocycles. The van der Waals surface area contributed by atoms with E-state index in [-0.39, 0.29) is 5.41 Å². The van der Waals surface area contributed by atoms with Gasteiger partial charge < -0.3 is 10.3 Å². The molecule has 0 aromatic carbocycles. The number of aromatic nitrogens is 1. The normalized spacial score (nSPS) is 20.2. The molecular weight excluding hydrogens is 140 g/mol. The highest BCUT2D eigenvalue weighted by Crippen LogP contribution is 2.49. The van der Waals surface area contributed by atoms with Gasteiger partial charge in [-0.25, -0.2) is 0 Å².